The molecule has 0 aliphatic carbocycles. The molecule has 2 aromatic carbocycles. The van der Waals surface area contributed by atoms with E-state index in [4.69, 9.17) is 18.9 Å². The third-order valence-electron chi connectivity index (χ3n) is 3.85. The smallest absolute Gasteiger partial charge is 0.333 e. The molecule has 0 bridgehead atoms. The highest BCUT2D eigenvalue weighted by Gasteiger charge is 2.07. The van der Waals surface area contributed by atoms with Gasteiger partial charge in [-0.1, -0.05) is 25.3 Å². The quantitative estimate of drug-likeness (QED) is 0.369. The molecule has 0 saturated carbocycles. The van der Waals surface area contributed by atoms with Crippen molar-refractivity contribution in [2.75, 3.05) is 13.6 Å². The van der Waals surface area contributed by atoms with Gasteiger partial charge in [0.2, 0.25) is 13.6 Å². The van der Waals surface area contributed by atoms with Crippen molar-refractivity contribution in [3.8, 4) is 22.6 Å². The molecule has 0 fully saturated rings. The fourth-order valence-corrected chi connectivity index (χ4v) is 2.40. The normalized spacial score (nSPS) is 9.93. The zero-order valence-corrected chi connectivity index (χ0v) is 15.9. The molecule has 0 unspecified atom stereocenters. The van der Waals surface area contributed by atoms with E-state index in [0.717, 1.165) is 34.4 Å². The summed E-state index contributed by atoms with van der Waals surface area (Å²) in [5, 5.41) is 0. The predicted molar refractivity (Wildman–Crippen MR) is 105 cm³/mol. The number of carbonyl (C=O) groups is 2. The molecule has 2 rings (SSSR count). The van der Waals surface area contributed by atoms with Crippen LogP contribution in [0.5, 0.6) is 11.5 Å². The summed E-state index contributed by atoms with van der Waals surface area (Å²) in [4.78, 5) is 22.1. The highest BCUT2D eigenvalue weighted by molar-refractivity contribution is 5.81. The van der Waals surface area contributed by atoms with Crippen LogP contribution in [-0.4, -0.2) is 25.5 Å². The third-order valence-corrected chi connectivity index (χ3v) is 3.85. The van der Waals surface area contributed by atoms with Gasteiger partial charge in [0.25, 0.3) is 0 Å². The Labute approximate surface area is 164 Å². The minimum atomic E-state index is -0.536. The highest BCUT2D eigenvalue weighted by atomic mass is 16.7. The summed E-state index contributed by atoms with van der Waals surface area (Å²) in [6.07, 6.45) is 2.16. The second-order valence-corrected chi connectivity index (χ2v) is 5.82. The van der Waals surface area contributed by atoms with Crippen LogP contribution in [0, 0.1) is 13.8 Å². The van der Waals surface area contributed by atoms with Crippen molar-refractivity contribution in [1.82, 2.24) is 0 Å². The lowest BCUT2D eigenvalue weighted by molar-refractivity contribution is -0.145. The van der Waals surface area contributed by atoms with E-state index in [1.54, 1.807) is 0 Å². The van der Waals surface area contributed by atoms with Gasteiger partial charge in [-0.2, -0.15) is 0 Å². The second-order valence-electron chi connectivity index (χ2n) is 5.82. The van der Waals surface area contributed by atoms with Gasteiger partial charge in [-0.05, 0) is 60.4 Å². The zero-order valence-electron chi connectivity index (χ0n) is 15.9. The van der Waals surface area contributed by atoms with Crippen LogP contribution in [0.2, 0.25) is 0 Å². The SMILES string of the molecule is C=CC(=O)OCOc1ccc(-c2ccc(OCOC(=O)C=C)c(C)c2)cc1C. The molecule has 0 aliphatic heterocycles. The maximum absolute atomic E-state index is 11.0. The first-order chi connectivity index (χ1) is 13.4. The number of esters is 2. The van der Waals surface area contributed by atoms with Crippen molar-refractivity contribution < 1.29 is 28.5 Å². The largest absolute Gasteiger partial charge is 0.457 e. The van der Waals surface area contributed by atoms with Crippen LogP contribution in [-0.2, 0) is 19.1 Å². The first kappa shape index (κ1) is 20.8. The van der Waals surface area contributed by atoms with Gasteiger partial charge in [0.05, 0.1) is 0 Å². The number of rotatable bonds is 9. The molecule has 0 aliphatic rings. The molecule has 28 heavy (non-hydrogen) atoms. The molecule has 0 aromatic heterocycles. The molecule has 146 valence electrons. The molecule has 0 atom stereocenters. The fourth-order valence-electron chi connectivity index (χ4n) is 2.40. The molecule has 6 heteroatoms. The van der Waals surface area contributed by atoms with Crippen LogP contribution in [0.25, 0.3) is 11.1 Å². The van der Waals surface area contributed by atoms with Crippen LogP contribution in [0.1, 0.15) is 11.1 Å². The highest BCUT2D eigenvalue weighted by Crippen LogP contribution is 2.29. The summed E-state index contributed by atoms with van der Waals surface area (Å²) in [5.74, 6) is 0.181. The van der Waals surface area contributed by atoms with E-state index in [0.29, 0.717) is 11.5 Å². The number of hydrogen-bond donors (Lipinski definition) is 0. The Hall–Kier alpha value is -3.54. The van der Waals surface area contributed by atoms with E-state index < -0.39 is 11.9 Å². The molecule has 0 N–H and O–H groups in total. The van der Waals surface area contributed by atoms with Gasteiger partial charge in [0.15, 0.2) is 0 Å². The van der Waals surface area contributed by atoms with Crippen LogP contribution >= 0.6 is 0 Å². The van der Waals surface area contributed by atoms with Gasteiger partial charge in [0.1, 0.15) is 11.5 Å². The van der Waals surface area contributed by atoms with Crippen LogP contribution in [0.15, 0.2) is 61.7 Å². The van der Waals surface area contributed by atoms with Crippen molar-refractivity contribution in [3.05, 3.63) is 72.8 Å². The summed E-state index contributed by atoms with van der Waals surface area (Å²) in [5.41, 5.74) is 3.81. The van der Waals surface area contributed by atoms with Crippen molar-refractivity contribution in [2.45, 2.75) is 13.8 Å². The Kier molecular flexibility index (Phi) is 7.39. The summed E-state index contributed by atoms with van der Waals surface area (Å²) in [6.45, 7) is 10.1. The fraction of sp³-hybridized carbons (Fsp3) is 0.182. The van der Waals surface area contributed by atoms with Crippen molar-refractivity contribution in [1.29, 1.82) is 0 Å². The summed E-state index contributed by atoms with van der Waals surface area (Å²) < 4.78 is 20.5. The average molecular weight is 382 g/mol. The Morgan fingerprint density at radius 3 is 1.50 bits per heavy atom. The van der Waals surface area contributed by atoms with Crippen LogP contribution in [0.3, 0.4) is 0 Å². The van der Waals surface area contributed by atoms with Gasteiger partial charge in [-0.15, -0.1) is 0 Å². The third kappa shape index (κ3) is 5.74. The Morgan fingerprint density at radius 2 is 1.18 bits per heavy atom. The minimum Gasteiger partial charge on any atom is -0.457 e. The first-order valence-electron chi connectivity index (χ1n) is 8.50. The van der Waals surface area contributed by atoms with Gasteiger partial charge in [0, 0.05) is 12.2 Å². The topological polar surface area (TPSA) is 71.1 Å². The zero-order chi connectivity index (χ0) is 20.5. The first-order valence-corrected chi connectivity index (χ1v) is 8.50. The molecule has 0 radical (unpaired) electrons. The molecule has 6 nitrogen and oxygen atoms in total. The van der Waals surface area contributed by atoms with E-state index in [9.17, 15) is 9.59 Å². The van der Waals surface area contributed by atoms with E-state index in [1.807, 2.05) is 50.2 Å². The molecule has 0 heterocycles. The molecule has 0 saturated heterocycles. The lowest BCUT2D eigenvalue weighted by atomic mass is 10.0. The number of ether oxygens (including phenoxy) is 4. The van der Waals surface area contributed by atoms with Crippen molar-refractivity contribution in [2.24, 2.45) is 0 Å². The predicted octanol–water partition coefficient (Wildman–Crippen LogP) is 4.10. The summed E-state index contributed by atoms with van der Waals surface area (Å²) in [7, 11) is 0. The summed E-state index contributed by atoms with van der Waals surface area (Å²) in [6, 6.07) is 11.4. The number of carbonyl (C=O) groups excluding carboxylic acids is 2. The van der Waals surface area contributed by atoms with Gasteiger partial charge in [-0.3, -0.25) is 0 Å². The average Bonchev–Trinajstić information content (AvgIpc) is 2.69. The van der Waals surface area contributed by atoms with E-state index in [1.165, 1.54) is 0 Å². The van der Waals surface area contributed by atoms with Crippen LogP contribution < -0.4 is 9.47 Å². The molecule has 0 spiro atoms. The number of hydrogen-bond acceptors (Lipinski definition) is 6. The molecule has 0 amide bonds. The van der Waals surface area contributed by atoms with Crippen molar-refractivity contribution in [3.63, 3.8) is 0 Å². The van der Waals surface area contributed by atoms with E-state index in [-0.39, 0.29) is 13.6 Å². The second kappa shape index (κ2) is 9.97. The Balaban J connectivity index is 2.04. The molecular formula is C22H22O6. The van der Waals surface area contributed by atoms with Crippen LogP contribution in [0.4, 0.5) is 0 Å². The van der Waals surface area contributed by atoms with Crippen molar-refractivity contribution >= 4 is 11.9 Å². The standard InChI is InChI=1S/C22H22O6/c1-5-21(23)27-13-25-19-9-7-17(11-15(19)3)18-8-10-20(16(4)12-18)26-14-28-22(24)6-2/h5-12H,1-2,13-14H2,3-4H3. The number of benzene rings is 2. The minimum absolute atomic E-state index is 0.174. The lowest BCUT2D eigenvalue weighted by Gasteiger charge is -2.13. The Bertz CT molecular complexity index is 811. The van der Waals surface area contributed by atoms with E-state index in [2.05, 4.69) is 13.2 Å². The maximum Gasteiger partial charge on any atom is 0.333 e. The number of aryl methyl sites for hydroxylation is 2. The Morgan fingerprint density at radius 1 is 0.786 bits per heavy atom. The molecular weight excluding hydrogens is 360 g/mol. The lowest BCUT2D eigenvalue weighted by Crippen LogP contribution is -2.08. The van der Waals surface area contributed by atoms with E-state index >= 15 is 0 Å². The van der Waals surface area contributed by atoms with Gasteiger partial charge in [-0.25, -0.2) is 9.59 Å². The van der Waals surface area contributed by atoms with Gasteiger partial charge < -0.3 is 18.9 Å². The molecule has 2 aromatic rings. The maximum atomic E-state index is 11.0. The monoisotopic (exact) mass is 382 g/mol. The summed E-state index contributed by atoms with van der Waals surface area (Å²) >= 11 is 0. The van der Waals surface area contributed by atoms with Gasteiger partial charge >= 0.3 is 11.9 Å².